The lowest BCUT2D eigenvalue weighted by Crippen LogP contribution is -2.41. The third-order valence-electron chi connectivity index (χ3n) is 3.16. The molecule has 1 aliphatic rings. The molecule has 2 atom stereocenters. The molecule has 1 N–H and O–H groups in total. The number of carbonyl (C=O) groups excluding carboxylic acids is 1. The van der Waals surface area contributed by atoms with Crippen molar-refractivity contribution in [3.63, 3.8) is 0 Å². The third-order valence-corrected chi connectivity index (χ3v) is 4.20. The van der Waals surface area contributed by atoms with Crippen LogP contribution < -0.4 is 5.32 Å². The van der Waals surface area contributed by atoms with Gasteiger partial charge in [0.15, 0.2) is 5.78 Å². The Bertz CT molecular complexity index is 372. The summed E-state index contributed by atoms with van der Waals surface area (Å²) in [4.78, 5) is 14.1. The van der Waals surface area contributed by atoms with E-state index in [2.05, 4.69) is 12.2 Å². The molecule has 2 heterocycles. The van der Waals surface area contributed by atoms with Crippen molar-refractivity contribution in [2.45, 2.75) is 51.6 Å². The zero-order valence-corrected chi connectivity index (χ0v) is 10.8. The molecule has 2 rings (SSSR count). The summed E-state index contributed by atoms with van der Waals surface area (Å²) in [6.45, 7) is 4.24. The van der Waals surface area contributed by atoms with Gasteiger partial charge in [0.25, 0.3) is 0 Å². The molecule has 1 fully saturated rings. The van der Waals surface area contributed by atoms with E-state index in [-0.39, 0.29) is 0 Å². The number of nitrogens with one attached hydrogen (secondary N) is 1. The first kappa shape index (κ1) is 11.8. The number of carbonyl (C=O) groups is 1. The summed E-state index contributed by atoms with van der Waals surface area (Å²) in [5, 5.41) is 3.51. The Balaban J connectivity index is 1.92. The zero-order chi connectivity index (χ0) is 11.5. The van der Waals surface area contributed by atoms with E-state index in [0.717, 1.165) is 11.3 Å². The van der Waals surface area contributed by atoms with Gasteiger partial charge in [0, 0.05) is 23.4 Å². The van der Waals surface area contributed by atoms with Gasteiger partial charge in [-0.05, 0) is 38.8 Å². The van der Waals surface area contributed by atoms with Crippen molar-refractivity contribution in [1.82, 2.24) is 5.32 Å². The van der Waals surface area contributed by atoms with E-state index in [0.29, 0.717) is 24.3 Å². The predicted octanol–water partition coefficient (Wildman–Crippen LogP) is 3.16. The average molecular weight is 237 g/mol. The van der Waals surface area contributed by atoms with Crippen LogP contribution in [-0.4, -0.2) is 17.9 Å². The van der Waals surface area contributed by atoms with Crippen LogP contribution in [0, 0.1) is 6.92 Å². The molecule has 0 aliphatic carbocycles. The van der Waals surface area contributed by atoms with Crippen LogP contribution >= 0.6 is 11.3 Å². The highest BCUT2D eigenvalue weighted by Crippen LogP contribution is 2.20. The lowest BCUT2D eigenvalue weighted by atomic mass is 9.96. The molecule has 3 heteroatoms. The fraction of sp³-hybridized carbons (Fsp3) is 0.615. The van der Waals surface area contributed by atoms with Crippen LogP contribution in [0.3, 0.4) is 0 Å². The summed E-state index contributed by atoms with van der Waals surface area (Å²) >= 11 is 1.61. The number of thiophene rings is 1. The number of hydrogen-bond donors (Lipinski definition) is 1. The fourth-order valence-corrected chi connectivity index (χ4v) is 3.13. The Hall–Kier alpha value is -0.670. The van der Waals surface area contributed by atoms with E-state index in [4.69, 9.17) is 0 Å². The summed E-state index contributed by atoms with van der Waals surface area (Å²) < 4.78 is 0. The third kappa shape index (κ3) is 2.92. The minimum absolute atomic E-state index is 0.296. The Morgan fingerprint density at radius 2 is 2.31 bits per heavy atom. The smallest absolute Gasteiger partial charge is 0.174 e. The predicted molar refractivity (Wildman–Crippen MR) is 68.2 cm³/mol. The molecular formula is C13H19NOS. The first-order valence-corrected chi connectivity index (χ1v) is 6.82. The maximum absolute atomic E-state index is 12.0. The van der Waals surface area contributed by atoms with Gasteiger partial charge in [-0.15, -0.1) is 11.3 Å². The van der Waals surface area contributed by atoms with Crippen molar-refractivity contribution in [1.29, 1.82) is 0 Å². The molecule has 1 aliphatic heterocycles. The molecule has 1 aromatic heterocycles. The minimum Gasteiger partial charge on any atom is -0.311 e. The Labute approximate surface area is 101 Å². The second-order valence-corrected chi connectivity index (χ2v) is 6.02. The van der Waals surface area contributed by atoms with Crippen LogP contribution in [0.5, 0.6) is 0 Å². The van der Waals surface area contributed by atoms with Crippen molar-refractivity contribution in [2.75, 3.05) is 0 Å². The van der Waals surface area contributed by atoms with Crippen LogP contribution in [0.1, 0.15) is 47.2 Å². The van der Waals surface area contributed by atoms with Crippen molar-refractivity contribution in [3.8, 4) is 0 Å². The van der Waals surface area contributed by atoms with Crippen LogP contribution in [0.2, 0.25) is 0 Å². The molecule has 0 spiro atoms. The maximum atomic E-state index is 12.0. The molecule has 1 aromatic rings. The summed E-state index contributed by atoms with van der Waals surface area (Å²) in [6.07, 6.45) is 4.28. The van der Waals surface area contributed by atoms with Gasteiger partial charge in [0.2, 0.25) is 0 Å². The molecule has 16 heavy (non-hydrogen) atoms. The fourth-order valence-electron chi connectivity index (χ4n) is 2.31. The van der Waals surface area contributed by atoms with Gasteiger partial charge in [-0.2, -0.15) is 0 Å². The molecule has 2 unspecified atom stereocenters. The van der Waals surface area contributed by atoms with E-state index >= 15 is 0 Å². The molecule has 2 nitrogen and oxygen atoms in total. The van der Waals surface area contributed by atoms with Crippen molar-refractivity contribution in [2.24, 2.45) is 0 Å². The molecule has 88 valence electrons. The molecule has 0 amide bonds. The topological polar surface area (TPSA) is 29.1 Å². The highest BCUT2D eigenvalue weighted by molar-refractivity contribution is 7.14. The molecule has 0 radical (unpaired) electrons. The second kappa shape index (κ2) is 5.11. The summed E-state index contributed by atoms with van der Waals surface area (Å²) in [6, 6.07) is 4.93. The maximum Gasteiger partial charge on any atom is 0.174 e. The molecule has 0 aromatic carbocycles. The van der Waals surface area contributed by atoms with Gasteiger partial charge in [0.1, 0.15) is 0 Å². The van der Waals surface area contributed by atoms with Gasteiger partial charge in [-0.1, -0.05) is 6.42 Å². The Kier molecular flexibility index (Phi) is 3.77. The highest BCUT2D eigenvalue weighted by Gasteiger charge is 2.21. The highest BCUT2D eigenvalue weighted by atomic mass is 32.1. The normalized spacial score (nSPS) is 25.6. The van der Waals surface area contributed by atoms with Gasteiger partial charge >= 0.3 is 0 Å². The first-order valence-electron chi connectivity index (χ1n) is 6.01. The standard InChI is InChI=1S/C13H19NOS/c1-9-4-3-5-11(14-9)8-12(15)13-7-6-10(2)16-13/h6-7,9,11,14H,3-5,8H2,1-2H3. The van der Waals surface area contributed by atoms with Gasteiger partial charge in [0.05, 0.1) is 4.88 Å². The number of aryl methyl sites for hydroxylation is 1. The number of piperidine rings is 1. The van der Waals surface area contributed by atoms with Crippen LogP contribution in [0.25, 0.3) is 0 Å². The van der Waals surface area contributed by atoms with E-state index in [9.17, 15) is 4.79 Å². The summed E-state index contributed by atoms with van der Waals surface area (Å²) in [7, 11) is 0. The lowest BCUT2D eigenvalue weighted by molar-refractivity contribution is 0.0964. The first-order chi connectivity index (χ1) is 7.65. The SMILES string of the molecule is Cc1ccc(C(=O)CC2CCCC(C)N2)s1. The van der Waals surface area contributed by atoms with Crippen LogP contribution in [0.4, 0.5) is 0 Å². The Morgan fingerprint density at radius 1 is 1.50 bits per heavy atom. The largest absolute Gasteiger partial charge is 0.311 e. The second-order valence-electron chi connectivity index (χ2n) is 4.73. The lowest BCUT2D eigenvalue weighted by Gasteiger charge is -2.28. The van der Waals surface area contributed by atoms with E-state index in [1.54, 1.807) is 11.3 Å². The number of rotatable bonds is 3. The van der Waals surface area contributed by atoms with Crippen molar-refractivity contribution in [3.05, 3.63) is 21.9 Å². The monoisotopic (exact) mass is 237 g/mol. The minimum atomic E-state index is 0.296. The van der Waals surface area contributed by atoms with Gasteiger partial charge in [-0.3, -0.25) is 4.79 Å². The number of hydrogen-bond acceptors (Lipinski definition) is 3. The Morgan fingerprint density at radius 3 is 2.94 bits per heavy atom. The van der Waals surface area contributed by atoms with E-state index in [1.165, 1.54) is 17.7 Å². The van der Waals surface area contributed by atoms with Crippen molar-refractivity contribution < 1.29 is 4.79 Å². The quantitative estimate of drug-likeness (QED) is 0.818. The van der Waals surface area contributed by atoms with E-state index in [1.807, 2.05) is 19.1 Å². The zero-order valence-electron chi connectivity index (χ0n) is 9.95. The number of ketones is 1. The molecule has 1 saturated heterocycles. The van der Waals surface area contributed by atoms with Gasteiger partial charge in [-0.25, -0.2) is 0 Å². The van der Waals surface area contributed by atoms with Crippen LogP contribution in [-0.2, 0) is 0 Å². The summed E-state index contributed by atoms with van der Waals surface area (Å²) in [5.41, 5.74) is 0. The van der Waals surface area contributed by atoms with Crippen molar-refractivity contribution >= 4 is 17.1 Å². The average Bonchev–Trinajstić information content (AvgIpc) is 2.65. The summed E-state index contributed by atoms with van der Waals surface area (Å²) in [5.74, 6) is 0.296. The molecular weight excluding hydrogens is 218 g/mol. The van der Waals surface area contributed by atoms with Gasteiger partial charge < -0.3 is 5.32 Å². The van der Waals surface area contributed by atoms with E-state index < -0.39 is 0 Å². The number of Topliss-reactive ketones (excluding diaryl/α,β-unsaturated/α-hetero) is 1. The molecule has 0 bridgehead atoms. The van der Waals surface area contributed by atoms with Crippen LogP contribution in [0.15, 0.2) is 12.1 Å². The molecule has 0 saturated carbocycles.